The van der Waals surface area contributed by atoms with Crippen molar-refractivity contribution in [2.75, 3.05) is 24.8 Å². The van der Waals surface area contributed by atoms with Gasteiger partial charge in [0.15, 0.2) is 17.0 Å². The molecule has 2 heterocycles. The molecule has 0 radical (unpaired) electrons. The first-order valence-corrected chi connectivity index (χ1v) is 4.24. The van der Waals surface area contributed by atoms with Crippen molar-refractivity contribution in [3.8, 4) is 0 Å². The van der Waals surface area contributed by atoms with Gasteiger partial charge in [-0.05, 0) is 6.92 Å². The number of fused-ring (bicyclic) bond motifs is 1. The molecule has 6 nitrogen and oxygen atoms in total. The van der Waals surface area contributed by atoms with Crippen molar-refractivity contribution >= 4 is 17.0 Å². The molecule has 0 atom stereocenters. The lowest BCUT2D eigenvalue weighted by Gasteiger charge is -2.13. The standard InChI is InChI=1S/C8H12N6/c1-5-11-7(9)6-8(12-5)14(4-10-6)13(2)3/h4H,1-3H3,(H2,9,11,12). The summed E-state index contributed by atoms with van der Waals surface area (Å²) in [6.45, 7) is 1.81. The Labute approximate surface area is 81.4 Å². The highest BCUT2D eigenvalue weighted by molar-refractivity contribution is 5.81. The molecular formula is C8H12N6. The molecule has 2 aromatic heterocycles. The third-order valence-electron chi connectivity index (χ3n) is 1.95. The van der Waals surface area contributed by atoms with Gasteiger partial charge in [-0.15, -0.1) is 0 Å². The lowest BCUT2D eigenvalue weighted by Crippen LogP contribution is -2.24. The Kier molecular flexibility index (Phi) is 1.77. The van der Waals surface area contributed by atoms with Crippen LogP contribution in [0.25, 0.3) is 11.2 Å². The second-order valence-electron chi connectivity index (χ2n) is 3.26. The summed E-state index contributed by atoms with van der Waals surface area (Å²) < 4.78 is 1.82. The summed E-state index contributed by atoms with van der Waals surface area (Å²) >= 11 is 0. The van der Waals surface area contributed by atoms with Gasteiger partial charge < -0.3 is 10.7 Å². The summed E-state index contributed by atoms with van der Waals surface area (Å²) in [7, 11) is 3.82. The van der Waals surface area contributed by atoms with Crippen molar-refractivity contribution < 1.29 is 0 Å². The van der Waals surface area contributed by atoms with Gasteiger partial charge in [0.25, 0.3) is 0 Å². The highest BCUT2D eigenvalue weighted by Gasteiger charge is 2.09. The summed E-state index contributed by atoms with van der Waals surface area (Å²) in [5.41, 5.74) is 7.10. The van der Waals surface area contributed by atoms with Gasteiger partial charge >= 0.3 is 0 Å². The van der Waals surface area contributed by atoms with E-state index in [9.17, 15) is 0 Å². The number of aryl methyl sites for hydroxylation is 1. The zero-order chi connectivity index (χ0) is 10.3. The van der Waals surface area contributed by atoms with Crippen molar-refractivity contribution in [3.05, 3.63) is 12.2 Å². The zero-order valence-electron chi connectivity index (χ0n) is 8.39. The molecule has 0 aliphatic carbocycles. The fraction of sp³-hybridized carbons (Fsp3) is 0.375. The van der Waals surface area contributed by atoms with Gasteiger partial charge in [-0.3, -0.25) is 0 Å². The SMILES string of the molecule is Cc1nc(N)c2ncn(N(C)C)c2n1. The number of aromatic nitrogens is 4. The number of rotatable bonds is 1. The molecule has 0 unspecified atom stereocenters. The number of hydrogen-bond donors (Lipinski definition) is 1. The van der Waals surface area contributed by atoms with E-state index in [4.69, 9.17) is 5.73 Å². The van der Waals surface area contributed by atoms with Gasteiger partial charge in [-0.2, -0.15) is 0 Å². The van der Waals surface area contributed by atoms with Gasteiger partial charge in [-0.25, -0.2) is 19.6 Å². The first-order chi connectivity index (χ1) is 6.59. The molecule has 0 fully saturated rings. The number of nitrogen functional groups attached to an aromatic ring is 1. The van der Waals surface area contributed by atoms with Gasteiger partial charge in [0.05, 0.1) is 0 Å². The van der Waals surface area contributed by atoms with Crippen molar-refractivity contribution in [2.45, 2.75) is 6.92 Å². The predicted octanol–water partition coefficient (Wildman–Crippen LogP) is -0.0855. The normalized spacial score (nSPS) is 10.8. The minimum Gasteiger partial charge on any atom is -0.382 e. The maximum atomic E-state index is 5.73. The van der Waals surface area contributed by atoms with Crippen LogP contribution in [-0.2, 0) is 0 Å². The molecule has 0 aromatic carbocycles. The van der Waals surface area contributed by atoms with Crippen LogP contribution in [0.4, 0.5) is 5.82 Å². The summed E-state index contributed by atoms with van der Waals surface area (Å²) in [5.74, 6) is 1.08. The Morgan fingerprint density at radius 1 is 1.36 bits per heavy atom. The molecule has 2 N–H and O–H groups in total. The van der Waals surface area contributed by atoms with E-state index in [0.717, 1.165) is 5.65 Å². The molecule has 0 amide bonds. The van der Waals surface area contributed by atoms with Crippen molar-refractivity contribution in [1.29, 1.82) is 0 Å². The summed E-state index contributed by atoms with van der Waals surface area (Å²) in [5, 5.41) is 1.88. The van der Waals surface area contributed by atoms with E-state index in [1.54, 1.807) is 6.33 Å². The van der Waals surface area contributed by atoms with Crippen molar-refractivity contribution in [3.63, 3.8) is 0 Å². The topological polar surface area (TPSA) is 72.9 Å². The maximum Gasteiger partial charge on any atom is 0.184 e. The van der Waals surface area contributed by atoms with E-state index in [2.05, 4.69) is 15.0 Å². The minimum atomic E-state index is 0.424. The van der Waals surface area contributed by atoms with Crippen molar-refractivity contribution in [1.82, 2.24) is 19.6 Å². The monoisotopic (exact) mass is 192 g/mol. The molecule has 0 aliphatic heterocycles. The molecule has 0 saturated heterocycles. The molecule has 0 aliphatic rings. The van der Waals surface area contributed by atoms with Crippen LogP contribution in [-0.4, -0.2) is 33.7 Å². The minimum absolute atomic E-state index is 0.424. The van der Waals surface area contributed by atoms with Crippen LogP contribution in [0, 0.1) is 6.92 Å². The third kappa shape index (κ3) is 1.15. The van der Waals surface area contributed by atoms with Gasteiger partial charge in [-0.1, -0.05) is 0 Å². The number of hydrogen-bond acceptors (Lipinski definition) is 5. The Morgan fingerprint density at radius 2 is 2.07 bits per heavy atom. The van der Waals surface area contributed by atoms with Crippen LogP contribution in [0.5, 0.6) is 0 Å². The summed E-state index contributed by atoms with van der Waals surface area (Å²) in [4.78, 5) is 12.5. The number of imidazole rings is 1. The Morgan fingerprint density at radius 3 is 2.71 bits per heavy atom. The lowest BCUT2D eigenvalue weighted by atomic mass is 10.5. The van der Waals surface area contributed by atoms with Crippen LogP contribution in [0.2, 0.25) is 0 Å². The fourth-order valence-corrected chi connectivity index (χ4v) is 1.32. The lowest BCUT2D eigenvalue weighted by molar-refractivity contribution is 0.743. The highest BCUT2D eigenvalue weighted by Crippen LogP contribution is 2.15. The fourth-order valence-electron chi connectivity index (χ4n) is 1.32. The quantitative estimate of drug-likeness (QED) is 0.683. The van der Waals surface area contributed by atoms with Gasteiger partial charge in [0, 0.05) is 14.1 Å². The number of nitrogens with two attached hydrogens (primary N) is 1. The molecule has 6 heteroatoms. The number of nitrogens with zero attached hydrogens (tertiary/aromatic N) is 5. The maximum absolute atomic E-state index is 5.73. The molecular weight excluding hydrogens is 180 g/mol. The van der Waals surface area contributed by atoms with Crippen LogP contribution in [0.3, 0.4) is 0 Å². The molecule has 0 bridgehead atoms. The molecule has 74 valence electrons. The average molecular weight is 192 g/mol. The van der Waals surface area contributed by atoms with E-state index in [-0.39, 0.29) is 0 Å². The predicted molar refractivity (Wildman–Crippen MR) is 54.5 cm³/mol. The molecule has 2 rings (SSSR count). The van der Waals surface area contributed by atoms with Crippen molar-refractivity contribution in [2.24, 2.45) is 0 Å². The van der Waals surface area contributed by atoms with Crippen LogP contribution < -0.4 is 10.7 Å². The second kappa shape index (κ2) is 2.83. The molecule has 0 saturated carbocycles. The molecule has 2 aromatic rings. The average Bonchev–Trinajstić information content (AvgIpc) is 2.47. The van der Waals surface area contributed by atoms with E-state index in [1.165, 1.54) is 0 Å². The van der Waals surface area contributed by atoms with E-state index in [0.29, 0.717) is 17.2 Å². The van der Waals surface area contributed by atoms with Crippen LogP contribution in [0.1, 0.15) is 5.82 Å². The second-order valence-corrected chi connectivity index (χ2v) is 3.26. The summed E-state index contributed by atoms with van der Waals surface area (Å²) in [6.07, 6.45) is 1.68. The molecule has 14 heavy (non-hydrogen) atoms. The van der Waals surface area contributed by atoms with Gasteiger partial charge in [0.1, 0.15) is 12.2 Å². The Hall–Kier alpha value is -1.85. The first kappa shape index (κ1) is 8.74. The van der Waals surface area contributed by atoms with Crippen LogP contribution in [0.15, 0.2) is 6.33 Å². The summed E-state index contributed by atoms with van der Waals surface area (Å²) in [6, 6.07) is 0. The molecule has 0 spiro atoms. The van der Waals surface area contributed by atoms with E-state index >= 15 is 0 Å². The van der Waals surface area contributed by atoms with E-state index < -0.39 is 0 Å². The highest BCUT2D eigenvalue weighted by atomic mass is 15.5. The van der Waals surface area contributed by atoms with E-state index in [1.807, 2.05) is 30.7 Å². The Balaban J connectivity index is 2.78. The number of anilines is 1. The van der Waals surface area contributed by atoms with Crippen LogP contribution >= 0.6 is 0 Å². The largest absolute Gasteiger partial charge is 0.382 e. The third-order valence-corrected chi connectivity index (χ3v) is 1.95. The zero-order valence-corrected chi connectivity index (χ0v) is 8.39. The smallest absolute Gasteiger partial charge is 0.184 e. The Bertz CT molecular complexity index is 472. The van der Waals surface area contributed by atoms with Gasteiger partial charge in [0.2, 0.25) is 0 Å². The first-order valence-electron chi connectivity index (χ1n) is 4.24.